The zero-order valence-electron chi connectivity index (χ0n) is 10.4. The molecular weight excluding hydrogens is 279 g/mol. The van der Waals surface area contributed by atoms with Gasteiger partial charge in [0.1, 0.15) is 4.88 Å². The summed E-state index contributed by atoms with van der Waals surface area (Å²) in [6, 6.07) is 0. The van der Waals surface area contributed by atoms with E-state index in [1.807, 2.05) is 6.92 Å². The van der Waals surface area contributed by atoms with Crippen LogP contribution in [0.5, 0.6) is 0 Å². The monoisotopic (exact) mass is 293 g/mol. The van der Waals surface area contributed by atoms with E-state index in [2.05, 4.69) is 9.88 Å². The second-order valence-electron chi connectivity index (χ2n) is 4.25. The van der Waals surface area contributed by atoms with Crippen LogP contribution in [0.1, 0.15) is 22.3 Å². The van der Waals surface area contributed by atoms with Crippen molar-refractivity contribution in [1.29, 1.82) is 0 Å². The van der Waals surface area contributed by atoms with Crippen LogP contribution in [0.2, 0.25) is 0 Å². The lowest BCUT2D eigenvalue weighted by molar-refractivity contribution is -0.141. The van der Waals surface area contributed by atoms with Crippen molar-refractivity contribution < 1.29 is 18.0 Å². The number of carbonyl (C=O) groups is 1. The van der Waals surface area contributed by atoms with Crippen molar-refractivity contribution in [2.24, 2.45) is 0 Å². The first-order chi connectivity index (χ1) is 8.93. The van der Waals surface area contributed by atoms with Crippen LogP contribution in [0, 0.1) is 0 Å². The molecule has 1 amide bonds. The summed E-state index contributed by atoms with van der Waals surface area (Å²) < 4.78 is 38.1. The maximum absolute atomic E-state index is 12.7. The van der Waals surface area contributed by atoms with E-state index in [0.717, 1.165) is 23.4 Å². The van der Waals surface area contributed by atoms with Crippen LogP contribution >= 0.6 is 11.3 Å². The molecule has 2 heterocycles. The van der Waals surface area contributed by atoms with E-state index in [0.29, 0.717) is 26.2 Å². The molecule has 1 saturated heterocycles. The van der Waals surface area contributed by atoms with Crippen LogP contribution in [0.15, 0.2) is 5.51 Å². The molecule has 0 spiro atoms. The average Bonchev–Trinajstić information content (AvgIpc) is 2.87. The molecule has 8 heteroatoms. The number of rotatable bonds is 2. The average molecular weight is 293 g/mol. The fraction of sp³-hybridized carbons (Fsp3) is 0.636. The Kier molecular flexibility index (Phi) is 4.10. The second kappa shape index (κ2) is 5.46. The molecule has 19 heavy (non-hydrogen) atoms. The van der Waals surface area contributed by atoms with Crippen LogP contribution in [-0.2, 0) is 6.18 Å². The van der Waals surface area contributed by atoms with Gasteiger partial charge in [-0.2, -0.15) is 13.2 Å². The standard InChI is InChI=1S/C11H14F3N3OS/c1-2-16-3-5-17(6-4-16)10(18)8-9(11(12,13)14)15-7-19-8/h7H,2-6H2,1H3. The maximum atomic E-state index is 12.7. The Morgan fingerprint density at radius 1 is 1.37 bits per heavy atom. The van der Waals surface area contributed by atoms with E-state index in [1.165, 1.54) is 4.90 Å². The van der Waals surface area contributed by atoms with Gasteiger partial charge >= 0.3 is 6.18 Å². The zero-order valence-corrected chi connectivity index (χ0v) is 11.2. The van der Waals surface area contributed by atoms with Crippen molar-refractivity contribution in [3.8, 4) is 0 Å². The number of halogens is 3. The molecule has 1 aliphatic heterocycles. The summed E-state index contributed by atoms with van der Waals surface area (Å²) in [7, 11) is 0. The van der Waals surface area contributed by atoms with E-state index in [4.69, 9.17) is 0 Å². The molecule has 0 atom stereocenters. The third-order valence-corrected chi connectivity index (χ3v) is 3.95. The van der Waals surface area contributed by atoms with Gasteiger partial charge in [0.05, 0.1) is 5.51 Å². The minimum Gasteiger partial charge on any atom is -0.335 e. The number of likely N-dealkylation sites (N-methyl/N-ethyl adjacent to an activating group) is 1. The molecule has 0 N–H and O–H groups in total. The lowest BCUT2D eigenvalue weighted by atomic mass is 10.2. The van der Waals surface area contributed by atoms with Crippen molar-refractivity contribution in [3.63, 3.8) is 0 Å². The van der Waals surface area contributed by atoms with Crippen molar-refractivity contribution >= 4 is 17.2 Å². The summed E-state index contributed by atoms with van der Waals surface area (Å²) in [4.78, 5) is 18.7. The Morgan fingerprint density at radius 3 is 2.53 bits per heavy atom. The molecule has 4 nitrogen and oxygen atoms in total. The number of amides is 1. The number of hydrogen-bond acceptors (Lipinski definition) is 4. The van der Waals surface area contributed by atoms with Gasteiger partial charge in [0, 0.05) is 26.2 Å². The molecule has 0 bridgehead atoms. The highest BCUT2D eigenvalue weighted by Gasteiger charge is 2.39. The summed E-state index contributed by atoms with van der Waals surface area (Å²) in [5.74, 6) is -0.564. The Labute approximate surface area is 112 Å². The highest BCUT2D eigenvalue weighted by Crippen LogP contribution is 2.33. The lowest BCUT2D eigenvalue weighted by Gasteiger charge is -2.33. The van der Waals surface area contributed by atoms with Crippen LogP contribution in [0.3, 0.4) is 0 Å². The minimum atomic E-state index is -4.57. The largest absolute Gasteiger partial charge is 0.434 e. The summed E-state index contributed by atoms with van der Waals surface area (Å²) in [5.41, 5.74) is -0.00125. The van der Waals surface area contributed by atoms with E-state index in [-0.39, 0.29) is 4.88 Å². The highest BCUT2D eigenvalue weighted by molar-refractivity contribution is 7.11. The van der Waals surface area contributed by atoms with Crippen molar-refractivity contribution in [3.05, 3.63) is 16.1 Å². The molecule has 1 aromatic rings. The number of nitrogens with zero attached hydrogens (tertiary/aromatic N) is 3. The van der Waals surface area contributed by atoms with Gasteiger partial charge in [-0.3, -0.25) is 4.79 Å². The van der Waals surface area contributed by atoms with Crippen molar-refractivity contribution in [2.75, 3.05) is 32.7 Å². The smallest absolute Gasteiger partial charge is 0.335 e. The van der Waals surface area contributed by atoms with E-state index >= 15 is 0 Å². The molecule has 0 unspecified atom stereocenters. The van der Waals surface area contributed by atoms with Gasteiger partial charge in [0.25, 0.3) is 5.91 Å². The molecular formula is C11H14F3N3OS. The fourth-order valence-corrected chi connectivity index (χ4v) is 2.78. The van der Waals surface area contributed by atoms with Crippen LogP contribution < -0.4 is 0 Å². The number of hydrogen-bond donors (Lipinski definition) is 0. The Bertz CT molecular complexity index is 452. The molecule has 1 fully saturated rings. The summed E-state index contributed by atoms with van der Waals surface area (Å²) >= 11 is 0.749. The Balaban J connectivity index is 2.11. The number of alkyl halides is 3. The molecule has 0 aromatic carbocycles. The predicted octanol–water partition coefficient (Wildman–Crippen LogP) is 1.94. The summed E-state index contributed by atoms with van der Waals surface area (Å²) in [6.07, 6.45) is -4.57. The molecule has 0 radical (unpaired) electrons. The third kappa shape index (κ3) is 3.06. The third-order valence-electron chi connectivity index (χ3n) is 3.14. The van der Waals surface area contributed by atoms with Gasteiger partial charge in [-0.25, -0.2) is 4.98 Å². The minimum absolute atomic E-state index is 0.308. The van der Waals surface area contributed by atoms with Crippen molar-refractivity contribution in [2.45, 2.75) is 13.1 Å². The van der Waals surface area contributed by atoms with Crippen LogP contribution in [0.25, 0.3) is 0 Å². The Morgan fingerprint density at radius 2 is 2.00 bits per heavy atom. The quantitative estimate of drug-likeness (QED) is 0.836. The van der Waals surface area contributed by atoms with Crippen LogP contribution in [-0.4, -0.2) is 53.4 Å². The van der Waals surface area contributed by atoms with Gasteiger partial charge < -0.3 is 9.80 Å². The molecule has 1 aliphatic rings. The predicted molar refractivity (Wildman–Crippen MR) is 65.1 cm³/mol. The first kappa shape index (κ1) is 14.3. The van der Waals surface area contributed by atoms with E-state index < -0.39 is 17.8 Å². The van der Waals surface area contributed by atoms with Gasteiger partial charge in [0.15, 0.2) is 5.69 Å². The maximum Gasteiger partial charge on any atom is 0.434 e. The number of thiazole rings is 1. The van der Waals surface area contributed by atoms with Crippen molar-refractivity contribution in [1.82, 2.24) is 14.8 Å². The highest BCUT2D eigenvalue weighted by atomic mass is 32.1. The van der Waals surface area contributed by atoms with Gasteiger partial charge in [-0.1, -0.05) is 6.92 Å². The fourth-order valence-electron chi connectivity index (χ4n) is 2.01. The number of aromatic nitrogens is 1. The van der Waals surface area contributed by atoms with Gasteiger partial charge in [0.2, 0.25) is 0 Å². The zero-order chi connectivity index (χ0) is 14.0. The molecule has 106 valence electrons. The Hall–Kier alpha value is -1.15. The van der Waals surface area contributed by atoms with E-state index in [1.54, 1.807) is 0 Å². The first-order valence-electron chi connectivity index (χ1n) is 5.95. The number of carbonyl (C=O) groups excluding carboxylic acids is 1. The number of piperazine rings is 1. The van der Waals surface area contributed by atoms with Gasteiger partial charge in [-0.15, -0.1) is 11.3 Å². The molecule has 0 aliphatic carbocycles. The van der Waals surface area contributed by atoms with Crippen LogP contribution in [0.4, 0.5) is 13.2 Å². The molecule has 2 rings (SSSR count). The normalized spacial score (nSPS) is 17.8. The molecule has 1 aromatic heterocycles. The SMILES string of the molecule is CCN1CCN(C(=O)c2scnc2C(F)(F)F)CC1. The first-order valence-corrected chi connectivity index (χ1v) is 6.83. The molecule has 0 saturated carbocycles. The van der Waals surface area contributed by atoms with Gasteiger partial charge in [-0.05, 0) is 6.54 Å². The second-order valence-corrected chi connectivity index (χ2v) is 5.11. The lowest BCUT2D eigenvalue weighted by Crippen LogP contribution is -2.48. The summed E-state index contributed by atoms with van der Waals surface area (Å²) in [5, 5.41) is 0. The topological polar surface area (TPSA) is 36.4 Å². The van der Waals surface area contributed by atoms with E-state index in [9.17, 15) is 18.0 Å². The summed E-state index contributed by atoms with van der Waals surface area (Å²) in [6.45, 7) is 5.22.